The third-order valence-electron chi connectivity index (χ3n) is 1.24. The Bertz CT molecular complexity index is 183. The highest BCUT2D eigenvalue weighted by molar-refractivity contribution is 5.24. The molecule has 2 rings (SSSR count). The van der Waals surface area contributed by atoms with Gasteiger partial charge in [-0.15, -0.1) is 0 Å². The maximum atomic E-state index is 5.05. The van der Waals surface area contributed by atoms with Crippen molar-refractivity contribution in [3.8, 4) is 5.75 Å². The third kappa shape index (κ3) is 0.695. The van der Waals surface area contributed by atoms with Crippen molar-refractivity contribution in [3.63, 3.8) is 0 Å². The van der Waals surface area contributed by atoms with Gasteiger partial charge in [0.25, 0.3) is 0 Å². The summed E-state index contributed by atoms with van der Waals surface area (Å²) in [5.41, 5.74) is 0. The number of ether oxygens (including phenoxy) is 2. The second-order valence-electron chi connectivity index (χ2n) is 1.82. The average Bonchev–Trinajstić information content (AvgIpc) is 2.33. The summed E-state index contributed by atoms with van der Waals surface area (Å²) in [5.74, 6) is 1.59. The van der Waals surface area contributed by atoms with Crippen LogP contribution >= 0.6 is 0 Å². The first-order chi connectivity index (χ1) is 4.47. The molecule has 3 heteroatoms. The van der Waals surface area contributed by atoms with Crippen LogP contribution in [-0.4, -0.2) is 6.79 Å². The third-order valence-corrected chi connectivity index (χ3v) is 1.24. The van der Waals surface area contributed by atoms with Crippen LogP contribution in [0.1, 0.15) is 5.76 Å². The molecule has 0 bridgehead atoms. The van der Waals surface area contributed by atoms with Crippen molar-refractivity contribution in [2.24, 2.45) is 0 Å². The Balaban J connectivity index is 2.39. The molecule has 0 atom stereocenters. The van der Waals surface area contributed by atoms with Crippen LogP contribution in [0.15, 0.2) is 16.7 Å². The Morgan fingerprint density at radius 3 is 3.33 bits per heavy atom. The van der Waals surface area contributed by atoms with Crippen LogP contribution in [0.25, 0.3) is 0 Å². The molecule has 1 aliphatic rings. The average molecular weight is 126 g/mol. The van der Waals surface area contributed by atoms with Crippen molar-refractivity contribution in [1.82, 2.24) is 0 Å². The summed E-state index contributed by atoms with van der Waals surface area (Å²) >= 11 is 0. The fraction of sp³-hybridized carbons (Fsp3) is 0.333. The van der Waals surface area contributed by atoms with Gasteiger partial charge in [-0.2, -0.15) is 0 Å². The molecule has 2 heterocycles. The van der Waals surface area contributed by atoms with Gasteiger partial charge >= 0.3 is 0 Å². The van der Waals surface area contributed by atoms with Crippen LogP contribution in [0.4, 0.5) is 0 Å². The molecule has 9 heavy (non-hydrogen) atoms. The molecule has 0 aromatic carbocycles. The zero-order valence-corrected chi connectivity index (χ0v) is 4.79. The Hall–Kier alpha value is -0.960. The Morgan fingerprint density at radius 2 is 2.44 bits per heavy atom. The first kappa shape index (κ1) is 4.88. The molecular formula is C6H6O3. The van der Waals surface area contributed by atoms with Crippen molar-refractivity contribution < 1.29 is 13.9 Å². The summed E-state index contributed by atoms with van der Waals surface area (Å²) in [7, 11) is 0. The van der Waals surface area contributed by atoms with E-state index in [2.05, 4.69) is 0 Å². The maximum absolute atomic E-state index is 5.05. The highest BCUT2D eigenvalue weighted by atomic mass is 16.7. The first-order valence-corrected chi connectivity index (χ1v) is 2.74. The summed E-state index contributed by atoms with van der Waals surface area (Å²) in [6, 6.07) is 1.79. The molecule has 0 spiro atoms. The number of hydrogen-bond donors (Lipinski definition) is 0. The van der Waals surface area contributed by atoms with Crippen LogP contribution in [0, 0.1) is 0 Å². The van der Waals surface area contributed by atoms with Gasteiger partial charge in [-0.05, 0) is 0 Å². The zero-order chi connectivity index (χ0) is 6.10. The lowest BCUT2D eigenvalue weighted by atomic mass is 10.4. The van der Waals surface area contributed by atoms with Crippen molar-refractivity contribution in [2.75, 3.05) is 6.79 Å². The molecule has 0 N–H and O–H groups in total. The summed E-state index contributed by atoms with van der Waals surface area (Å²) in [6.07, 6.45) is 1.60. The molecular weight excluding hydrogens is 120 g/mol. The van der Waals surface area contributed by atoms with E-state index >= 15 is 0 Å². The molecule has 1 aromatic rings. The lowest BCUT2D eigenvalue weighted by molar-refractivity contribution is -0.0259. The second-order valence-corrected chi connectivity index (χ2v) is 1.82. The van der Waals surface area contributed by atoms with Crippen LogP contribution in [0.3, 0.4) is 0 Å². The topological polar surface area (TPSA) is 31.6 Å². The number of fused-ring (bicyclic) bond motifs is 1. The second kappa shape index (κ2) is 1.77. The van der Waals surface area contributed by atoms with Gasteiger partial charge < -0.3 is 13.9 Å². The van der Waals surface area contributed by atoms with E-state index in [1.54, 1.807) is 12.3 Å². The van der Waals surface area contributed by atoms with E-state index in [1.165, 1.54) is 0 Å². The van der Waals surface area contributed by atoms with E-state index in [0.717, 1.165) is 11.5 Å². The highest BCUT2D eigenvalue weighted by Gasteiger charge is 2.11. The quantitative estimate of drug-likeness (QED) is 0.522. The lowest BCUT2D eigenvalue weighted by Crippen LogP contribution is -2.08. The minimum absolute atomic E-state index is 0.340. The molecule has 3 nitrogen and oxygen atoms in total. The summed E-state index contributed by atoms with van der Waals surface area (Å²) < 4.78 is 15.0. The van der Waals surface area contributed by atoms with Gasteiger partial charge in [0.05, 0.1) is 6.26 Å². The van der Waals surface area contributed by atoms with E-state index in [1.807, 2.05) is 0 Å². The fourth-order valence-corrected chi connectivity index (χ4v) is 0.802. The van der Waals surface area contributed by atoms with Gasteiger partial charge in [0.1, 0.15) is 6.61 Å². The molecule has 0 saturated heterocycles. The highest BCUT2D eigenvalue weighted by Crippen LogP contribution is 2.23. The zero-order valence-electron chi connectivity index (χ0n) is 4.79. The van der Waals surface area contributed by atoms with Gasteiger partial charge in [-0.25, -0.2) is 0 Å². The molecule has 1 aliphatic heterocycles. The van der Waals surface area contributed by atoms with Crippen LogP contribution < -0.4 is 4.74 Å². The Morgan fingerprint density at radius 1 is 1.44 bits per heavy atom. The monoisotopic (exact) mass is 126 g/mol. The van der Waals surface area contributed by atoms with Crippen molar-refractivity contribution in [3.05, 3.63) is 18.1 Å². The van der Waals surface area contributed by atoms with Crippen LogP contribution in [0.5, 0.6) is 5.75 Å². The summed E-state index contributed by atoms with van der Waals surface area (Å²) in [5, 5.41) is 0. The standard InChI is InChI=1S/C6H6O3/c1-2-8-6-3-7-4-9-5(1)6/h1-2H,3-4H2. The molecule has 0 fully saturated rings. The van der Waals surface area contributed by atoms with Gasteiger partial charge in [0.2, 0.25) is 0 Å². The predicted octanol–water partition coefficient (Wildman–Crippen LogP) is 1.15. The number of hydrogen-bond acceptors (Lipinski definition) is 3. The molecule has 0 amide bonds. The maximum Gasteiger partial charge on any atom is 0.189 e. The van der Waals surface area contributed by atoms with E-state index in [9.17, 15) is 0 Å². The van der Waals surface area contributed by atoms with Crippen LogP contribution in [0.2, 0.25) is 0 Å². The van der Waals surface area contributed by atoms with Crippen molar-refractivity contribution >= 4 is 0 Å². The van der Waals surface area contributed by atoms with Crippen molar-refractivity contribution in [1.29, 1.82) is 0 Å². The normalized spacial score (nSPS) is 16.4. The Labute approximate surface area is 52.2 Å². The van der Waals surface area contributed by atoms with Gasteiger partial charge in [-0.1, -0.05) is 0 Å². The van der Waals surface area contributed by atoms with E-state index in [0.29, 0.717) is 13.4 Å². The lowest BCUT2D eigenvalue weighted by Gasteiger charge is -2.11. The van der Waals surface area contributed by atoms with Crippen molar-refractivity contribution in [2.45, 2.75) is 6.61 Å². The predicted molar refractivity (Wildman–Crippen MR) is 29.0 cm³/mol. The van der Waals surface area contributed by atoms with Gasteiger partial charge in [0.15, 0.2) is 18.3 Å². The summed E-state index contributed by atoms with van der Waals surface area (Å²) in [6.45, 7) is 0.870. The van der Waals surface area contributed by atoms with Crippen LogP contribution in [-0.2, 0) is 11.3 Å². The minimum Gasteiger partial charge on any atom is -0.464 e. The molecule has 1 aromatic heterocycles. The van der Waals surface area contributed by atoms with Gasteiger partial charge in [0, 0.05) is 6.07 Å². The van der Waals surface area contributed by atoms with E-state index in [-0.39, 0.29) is 0 Å². The molecule has 0 saturated carbocycles. The first-order valence-electron chi connectivity index (χ1n) is 2.74. The summed E-state index contributed by atoms with van der Waals surface area (Å²) in [4.78, 5) is 0. The molecule has 0 unspecified atom stereocenters. The Kier molecular flexibility index (Phi) is 0.960. The molecule has 0 radical (unpaired) electrons. The number of rotatable bonds is 0. The van der Waals surface area contributed by atoms with E-state index in [4.69, 9.17) is 13.9 Å². The number of furan rings is 1. The molecule has 48 valence electrons. The largest absolute Gasteiger partial charge is 0.464 e. The smallest absolute Gasteiger partial charge is 0.189 e. The fourth-order valence-electron chi connectivity index (χ4n) is 0.802. The minimum atomic E-state index is 0.340. The molecule has 0 aliphatic carbocycles. The van der Waals surface area contributed by atoms with E-state index < -0.39 is 0 Å². The van der Waals surface area contributed by atoms with Gasteiger partial charge in [-0.3, -0.25) is 0 Å². The SMILES string of the molecule is c1cc2c(o1)COCO2.